The maximum Gasteiger partial charge on any atom is 0.223 e. The molecule has 6 heteroatoms. The van der Waals surface area contributed by atoms with Crippen molar-refractivity contribution in [1.82, 2.24) is 9.97 Å². The zero-order valence-corrected chi connectivity index (χ0v) is 12.3. The smallest absolute Gasteiger partial charge is 0.223 e. The minimum atomic E-state index is 0.316. The highest BCUT2D eigenvalue weighted by molar-refractivity contribution is 7.18. The van der Waals surface area contributed by atoms with Crippen molar-refractivity contribution in [3.8, 4) is 0 Å². The van der Waals surface area contributed by atoms with Crippen LogP contribution < -0.4 is 10.6 Å². The minimum absolute atomic E-state index is 0.316. The quantitative estimate of drug-likeness (QED) is 0.799. The van der Waals surface area contributed by atoms with E-state index in [9.17, 15) is 0 Å². The van der Waals surface area contributed by atoms with Gasteiger partial charge in [-0.1, -0.05) is 6.92 Å². The third kappa shape index (κ3) is 2.34. The predicted octanol–water partition coefficient (Wildman–Crippen LogP) is 3.07. The van der Waals surface area contributed by atoms with Crippen LogP contribution in [0.15, 0.2) is 29.1 Å². The lowest BCUT2D eigenvalue weighted by molar-refractivity contribution is 0.563. The summed E-state index contributed by atoms with van der Waals surface area (Å²) in [5.74, 6) is 1.18. The molecule has 0 radical (unpaired) electrons. The van der Waals surface area contributed by atoms with Crippen LogP contribution in [-0.4, -0.2) is 17.0 Å². The first-order valence-electron chi connectivity index (χ1n) is 6.45. The third-order valence-corrected chi connectivity index (χ3v) is 4.32. The highest BCUT2D eigenvalue weighted by atomic mass is 32.1. The predicted molar refractivity (Wildman–Crippen MR) is 82.0 cm³/mol. The van der Waals surface area contributed by atoms with Crippen LogP contribution in [0.1, 0.15) is 17.4 Å². The van der Waals surface area contributed by atoms with Gasteiger partial charge in [-0.15, -0.1) is 11.3 Å². The molecule has 20 heavy (non-hydrogen) atoms. The molecule has 3 aromatic rings. The van der Waals surface area contributed by atoms with Crippen molar-refractivity contribution < 1.29 is 4.42 Å². The van der Waals surface area contributed by atoms with Crippen LogP contribution in [0.4, 0.5) is 11.8 Å². The van der Waals surface area contributed by atoms with E-state index in [1.807, 2.05) is 13.1 Å². The Bertz CT molecular complexity index is 720. The third-order valence-electron chi connectivity index (χ3n) is 3.15. The molecule has 5 nitrogen and oxygen atoms in total. The van der Waals surface area contributed by atoms with Gasteiger partial charge >= 0.3 is 0 Å². The number of nitrogens with two attached hydrogens (primary N) is 1. The molecule has 0 bridgehead atoms. The van der Waals surface area contributed by atoms with Gasteiger partial charge in [0.15, 0.2) is 0 Å². The van der Waals surface area contributed by atoms with E-state index in [0.29, 0.717) is 5.95 Å². The van der Waals surface area contributed by atoms with Crippen molar-refractivity contribution in [1.29, 1.82) is 0 Å². The van der Waals surface area contributed by atoms with Gasteiger partial charge in [-0.05, 0) is 18.6 Å². The van der Waals surface area contributed by atoms with Gasteiger partial charge in [-0.25, -0.2) is 4.98 Å². The van der Waals surface area contributed by atoms with Crippen molar-refractivity contribution in [2.75, 3.05) is 17.7 Å². The Morgan fingerprint density at radius 1 is 1.40 bits per heavy atom. The van der Waals surface area contributed by atoms with Gasteiger partial charge < -0.3 is 15.1 Å². The molecule has 0 saturated carbocycles. The van der Waals surface area contributed by atoms with Crippen LogP contribution in [0.25, 0.3) is 10.2 Å². The van der Waals surface area contributed by atoms with Gasteiger partial charge in [-0.3, -0.25) is 0 Å². The van der Waals surface area contributed by atoms with Gasteiger partial charge in [0, 0.05) is 24.0 Å². The van der Waals surface area contributed by atoms with E-state index in [-0.39, 0.29) is 0 Å². The Labute approximate surface area is 121 Å². The molecule has 0 spiro atoms. The van der Waals surface area contributed by atoms with Crippen molar-refractivity contribution in [3.63, 3.8) is 0 Å². The number of aryl methyl sites for hydroxylation is 1. The number of nitrogen functional groups attached to an aromatic ring is 1. The highest BCUT2D eigenvalue weighted by Gasteiger charge is 2.14. The maximum atomic E-state index is 5.83. The van der Waals surface area contributed by atoms with E-state index < -0.39 is 0 Å². The fourth-order valence-corrected chi connectivity index (χ4v) is 3.14. The van der Waals surface area contributed by atoms with Crippen molar-refractivity contribution in [2.45, 2.75) is 19.9 Å². The summed E-state index contributed by atoms with van der Waals surface area (Å²) >= 11 is 1.67. The molecule has 0 aliphatic carbocycles. The average molecular weight is 288 g/mol. The Kier molecular flexibility index (Phi) is 3.31. The van der Waals surface area contributed by atoms with Gasteiger partial charge in [-0.2, -0.15) is 4.98 Å². The van der Waals surface area contributed by atoms with Gasteiger partial charge in [0.2, 0.25) is 5.95 Å². The van der Waals surface area contributed by atoms with Crippen LogP contribution in [0.2, 0.25) is 0 Å². The molecule has 0 aliphatic rings. The first-order valence-corrected chi connectivity index (χ1v) is 7.27. The molecule has 3 aromatic heterocycles. The standard InChI is InChI=1S/C14H16N4OS/c1-3-10-6-11-12(16-14(15)17-13(11)20-10)18(2)7-9-4-5-19-8-9/h4-6,8H,3,7H2,1-2H3,(H2,15,16,17). The van der Waals surface area contributed by atoms with Crippen molar-refractivity contribution >= 4 is 33.3 Å². The lowest BCUT2D eigenvalue weighted by Crippen LogP contribution is -2.18. The second-order valence-corrected chi connectivity index (χ2v) is 5.79. The lowest BCUT2D eigenvalue weighted by Gasteiger charge is -2.18. The number of rotatable bonds is 4. The topological polar surface area (TPSA) is 68.2 Å². The number of nitrogens with zero attached hydrogens (tertiary/aromatic N) is 3. The Balaban J connectivity index is 2.02. The summed E-state index contributed by atoms with van der Waals surface area (Å²) in [5, 5.41) is 1.06. The number of thiophene rings is 1. The summed E-state index contributed by atoms with van der Waals surface area (Å²) in [5.41, 5.74) is 6.93. The second kappa shape index (κ2) is 5.13. The average Bonchev–Trinajstić information content (AvgIpc) is 3.06. The number of hydrogen-bond acceptors (Lipinski definition) is 6. The molecule has 0 fully saturated rings. The van der Waals surface area contributed by atoms with Gasteiger partial charge in [0.25, 0.3) is 0 Å². The zero-order chi connectivity index (χ0) is 14.1. The van der Waals surface area contributed by atoms with Crippen LogP contribution in [0.3, 0.4) is 0 Å². The molecule has 0 aromatic carbocycles. The van der Waals surface area contributed by atoms with E-state index in [2.05, 4.69) is 27.9 Å². The van der Waals surface area contributed by atoms with E-state index >= 15 is 0 Å². The molecule has 0 saturated heterocycles. The van der Waals surface area contributed by atoms with Gasteiger partial charge in [0.1, 0.15) is 10.6 Å². The van der Waals surface area contributed by atoms with Crippen molar-refractivity contribution in [2.24, 2.45) is 0 Å². The fraction of sp³-hybridized carbons (Fsp3) is 0.286. The molecule has 0 atom stereocenters. The van der Waals surface area contributed by atoms with Crippen molar-refractivity contribution in [3.05, 3.63) is 35.1 Å². The molecule has 0 amide bonds. The summed E-state index contributed by atoms with van der Waals surface area (Å²) in [7, 11) is 2.00. The van der Waals surface area contributed by atoms with Gasteiger partial charge in [0.05, 0.1) is 17.9 Å². The molecule has 3 heterocycles. The molecule has 3 rings (SSSR count). The molecular weight excluding hydrogens is 272 g/mol. The monoisotopic (exact) mass is 288 g/mol. The van der Waals surface area contributed by atoms with E-state index in [1.54, 1.807) is 23.9 Å². The van der Waals surface area contributed by atoms with E-state index in [0.717, 1.165) is 34.6 Å². The summed E-state index contributed by atoms with van der Waals surface area (Å²) in [4.78, 5) is 13.0. The number of anilines is 2. The Morgan fingerprint density at radius 3 is 2.95 bits per heavy atom. The number of fused-ring (bicyclic) bond motifs is 1. The normalized spacial score (nSPS) is 11.1. The van der Waals surface area contributed by atoms with Crippen LogP contribution in [0, 0.1) is 0 Å². The summed E-state index contributed by atoms with van der Waals surface area (Å²) in [6.07, 6.45) is 4.40. The molecule has 104 valence electrons. The number of furan rings is 1. The van der Waals surface area contributed by atoms with E-state index in [1.165, 1.54) is 4.88 Å². The number of hydrogen-bond donors (Lipinski definition) is 1. The Morgan fingerprint density at radius 2 is 2.25 bits per heavy atom. The highest BCUT2D eigenvalue weighted by Crippen LogP contribution is 2.31. The summed E-state index contributed by atoms with van der Waals surface area (Å²) in [6.45, 7) is 2.86. The fourth-order valence-electron chi connectivity index (χ4n) is 2.17. The van der Waals surface area contributed by atoms with Crippen LogP contribution in [-0.2, 0) is 13.0 Å². The molecule has 0 aliphatic heterocycles. The SMILES string of the molecule is CCc1cc2c(N(C)Cc3ccoc3)nc(N)nc2s1. The first-order chi connectivity index (χ1) is 9.67. The van der Waals surface area contributed by atoms with Crippen LogP contribution >= 0.6 is 11.3 Å². The molecule has 2 N–H and O–H groups in total. The van der Waals surface area contributed by atoms with E-state index in [4.69, 9.17) is 10.2 Å². The summed E-state index contributed by atoms with van der Waals surface area (Å²) in [6, 6.07) is 4.10. The minimum Gasteiger partial charge on any atom is -0.472 e. The van der Waals surface area contributed by atoms with Crippen LogP contribution in [0.5, 0.6) is 0 Å². The molecular formula is C14H16N4OS. The zero-order valence-electron chi connectivity index (χ0n) is 11.5. The summed E-state index contributed by atoms with van der Waals surface area (Å²) < 4.78 is 5.10. The Hall–Kier alpha value is -2.08. The number of aromatic nitrogens is 2. The molecule has 0 unspecified atom stereocenters. The lowest BCUT2D eigenvalue weighted by atomic mass is 10.2. The largest absolute Gasteiger partial charge is 0.472 e. The first kappa shape index (κ1) is 12.9. The second-order valence-electron chi connectivity index (χ2n) is 4.68. The maximum absolute atomic E-state index is 5.83.